The molecule has 3 aromatic rings. The van der Waals surface area contributed by atoms with Crippen LogP contribution in [0.2, 0.25) is 0 Å². The van der Waals surface area contributed by atoms with Crippen LogP contribution in [-0.4, -0.2) is 74.2 Å². The monoisotopic (exact) mass is 617 g/mol. The third-order valence-electron chi connectivity index (χ3n) is 7.05. The summed E-state index contributed by atoms with van der Waals surface area (Å²) in [6.45, 7) is 12.3. The highest BCUT2D eigenvalue weighted by Crippen LogP contribution is 2.36. The molecule has 0 saturated carbocycles. The molecular formula is C29H43N7O4S2. The maximum atomic E-state index is 13.6. The van der Waals surface area contributed by atoms with Crippen LogP contribution in [0.25, 0.3) is 5.65 Å². The Morgan fingerprint density at radius 2 is 1.79 bits per heavy atom. The molecule has 2 aliphatic heterocycles. The Kier molecular flexibility index (Phi) is 10.1. The SMILES string of the molecule is CNC(=O)OC(C)(C)C.Cc1cc(NS(C)=O)c(C(=O)N2CCCCC2c2cn3nc(N4CCCC4)c(C)cc3n2)s1. The van der Waals surface area contributed by atoms with Crippen molar-refractivity contribution in [3.63, 3.8) is 0 Å². The number of likely N-dealkylation sites (tertiary alicyclic amines) is 1. The van der Waals surface area contributed by atoms with Gasteiger partial charge < -0.3 is 24.6 Å². The molecule has 2 atom stereocenters. The van der Waals surface area contributed by atoms with Gasteiger partial charge in [-0.2, -0.15) is 0 Å². The Morgan fingerprint density at radius 3 is 2.40 bits per heavy atom. The number of aryl methyl sites for hydroxylation is 2. The zero-order valence-electron chi connectivity index (χ0n) is 25.7. The highest BCUT2D eigenvalue weighted by Gasteiger charge is 2.33. The Hall–Kier alpha value is -3.19. The highest BCUT2D eigenvalue weighted by molar-refractivity contribution is 7.85. The second-order valence-electron chi connectivity index (χ2n) is 11.7. The van der Waals surface area contributed by atoms with E-state index in [1.165, 1.54) is 31.2 Å². The molecule has 2 fully saturated rings. The number of carbonyl (C=O) groups is 2. The van der Waals surface area contributed by atoms with Crippen molar-refractivity contribution in [2.75, 3.05) is 42.6 Å². The van der Waals surface area contributed by atoms with E-state index in [-0.39, 0.29) is 23.6 Å². The van der Waals surface area contributed by atoms with E-state index in [2.05, 4.69) is 27.9 Å². The summed E-state index contributed by atoms with van der Waals surface area (Å²) >= 11 is 1.45. The van der Waals surface area contributed by atoms with Crippen molar-refractivity contribution in [2.24, 2.45) is 0 Å². The smallest absolute Gasteiger partial charge is 0.407 e. The number of hydrogen-bond acceptors (Lipinski definition) is 8. The largest absolute Gasteiger partial charge is 0.444 e. The number of aromatic nitrogens is 3. The third kappa shape index (κ3) is 7.80. The summed E-state index contributed by atoms with van der Waals surface area (Å²) in [5.41, 5.74) is 3.10. The predicted molar refractivity (Wildman–Crippen MR) is 169 cm³/mol. The maximum Gasteiger partial charge on any atom is 0.407 e. The molecule has 11 nitrogen and oxygen atoms in total. The molecule has 2 aliphatic rings. The van der Waals surface area contributed by atoms with E-state index in [1.54, 1.807) is 6.26 Å². The van der Waals surface area contributed by atoms with Gasteiger partial charge in [-0.1, -0.05) is 0 Å². The summed E-state index contributed by atoms with van der Waals surface area (Å²) in [5.74, 6) is 1.00. The summed E-state index contributed by atoms with van der Waals surface area (Å²) < 4.78 is 21.4. The van der Waals surface area contributed by atoms with Crippen LogP contribution >= 0.6 is 11.3 Å². The minimum Gasteiger partial charge on any atom is -0.444 e. The lowest BCUT2D eigenvalue weighted by molar-refractivity contribution is 0.0540. The summed E-state index contributed by atoms with van der Waals surface area (Å²) in [6.07, 6.45) is 8.50. The van der Waals surface area contributed by atoms with E-state index >= 15 is 0 Å². The van der Waals surface area contributed by atoms with Crippen LogP contribution in [0.3, 0.4) is 0 Å². The number of nitrogens with one attached hydrogen (secondary N) is 2. The molecular weight excluding hydrogens is 574 g/mol. The highest BCUT2D eigenvalue weighted by atomic mass is 32.2. The Bertz CT molecular complexity index is 1440. The van der Waals surface area contributed by atoms with Gasteiger partial charge in [-0.3, -0.25) is 4.79 Å². The van der Waals surface area contributed by atoms with Gasteiger partial charge >= 0.3 is 6.09 Å². The third-order valence-corrected chi connectivity index (χ3v) is 8.60. The minimum atomic E-state index is -1.24. The molecule has 2 unspecified atom stereocenters. The van der Waals surface area contributed by atoms with E-state index in [0.29, 0.717) is 17.1 Å². The van der Waals surface area contributed by atoms with Gasteiger partial charge in [-0.05, 0) is 84.4 Å². The maximum absolute atomic E-state index is 13.6. The lowest BCUT2D eigenvalue weighted by Gasteiger charge is -2.34. The lowest BCUT2D eigenvalue weighted by atomic mass is 9.99. The molecule has 13 heteroatoms. The minimum absolute atomic E-state index is 0.0234. The molecule has 0 spiro atoms. The van der Waals surface area contributed by atoms with Crippen molar-refractivity contribution < 1.29 is 18.5 Å². The molecule has 2 N–H and O–H groups in total. The quantitative estimate of drug-likeness (QED) is 0.403. The Morgan fingerprint density at radius 1 is 1.10 bits per heavy atom. The van der Waals surface area contributed by atoms with Crippen LogP contribution in [0.1, 0.15) is 84.7 Å². The lowest BCUT2D eigenvalue weighted by Crippen LogP contribution is -2.38. The van der Waals surface area contributed by atoms with E-state index in [4.69, 9.17) is 14.8 Å². The molecule has 0 aliphatic carbocycles. The van der Waals surface area contributed by atoms with Crippen LogP contribution in [-0.2, 0) is 15.7 Å². The van der Waals surface area contributed by atoms with Crippen molar-refractivity contribution in [3.8, 4) is 0 Å². The number of carbonyl (C=O) groups excluding carboxylic acids is 2. The first kappa shape index (κ1) is 31.7. The predicted octanol–water partition coefficient (Wildman–Crippen LogP) is 5.22. The van der Waals surface area contributed by atoms with Gasteiger partial charge in [0.15, 0.2) is 11.5 Å². The number of amides is 2. The first-order valence-electron chi connectivity index (χ1n) is 14.4. The number of fused-ring (bicyclic) bond motifs is 1. The van der Waals surface area contributed by atoms with Crippen LogP contribution < -0.4 is 14.9 Å². The molecule has 0 aromatic carbocycles. The molecule has 0 radical (unpaired) electrons. The second-order valence-corrected chi connectivity index (χ2v) is 14.1. The normalized spacial score (nSPS) is 17.9. The van der Waals surface area contributed by atoms with Gasteiger partial charge in [0.1, 0.15) is 21.5 Å². The second kappa shape index (κ2) is 13.4. The zero-order chi connectivity index (χ0) is 30.6. The van der Waals surface area contributed by atoms with Crippen LogP contribution in [0.4, 0.5) is 16.3 Å². The number of imidazole rings is 1. The number of ether oxygens (including phenoxy) is 1. The Labute approximate surface area is 254 Å². The van der Waals surface area contributed by atoms with Crippen LogP contribution in [0.5, 0.6) is 0 Å². The van der Waals surface area contributed by atoms with Gasteiger partial charge in [0.2, 0.25) is 0 Å². The number of nitrogens with zero attached hydrogens (tertiary/aromatic N) is 5. The van der Waals surface area contributed by atoms with Crippen molar-refractivity contribution in [3.05, 3.63) is 39.3 Å². The first-order valence-corrected chi connectivity index (χ1v) is 16.8. The number of thiophene rings is 1. The molecule has 42 heavy (non-hydrogen) atoms. The van der Waals surface area contributed by atoms with Gasteiger partial charge in [-0.15, -0.1) is 16.4 Å². The molecule has 2 amide bonds. The van der Waals surface area contributed by atoms with Crippen molar-refractivity contribution >= 4 is 51.5 Å². The molecule has 5 rings (SSSR count). The molecule has 0 bridgehead atoms. The summed E-state index contributed by atoms with van der Waals surface area (Å²) in [6, 6.07) is 3.90. The molecule has 2 saturated heterocycles. The number of anilines is 2. The van der Waals surface area contributed by atoms with Gasteiger partial charge in [0, 0.05) is 37.8 Å². The summed E-state index contributed by atoms with van der Waals surface area (Å²) in [4.78, 5) is 34.9. The Balaban J connectivity index is 0.000000392. The van der Waals surface area contributed by atoms with E-state index < -0.39 is 11.0 Å². The van der Waals surface area contributed by atoms with E-state index in [0.717, 1.165) is 60.0 Å². The number of piperidine rings is 1. The van der Waals surface area contributed by atoms with Crippen molar-refractivity contribution in [1.29, 1.82) is 0 Å². The van der Waals surface area contributed by atoms with Crippen LogP contribution in [0.15, 0.2) is 18.3 Å². The van der Waals surface area contributed by atoms with Crippen LogP contribution in [0, 0.1) is 13.8 Å². The average molecular weight is 618 g/mol. The van der Waals surface area contributed by atoms with Gasteiger partial charge in [0.25, 0.3) is 5.91 Å². The fraction of sp³-hybridized carbons (Fsp3) is 0.586. The summed E-state index contributed by atoms with van der Waals surface area (Å²) in [7, 11) is 0.298. The van der Waals surface area contributed by atoms with Gasteiger partial charge in [0.05, 0.1) is 23.6 Å². The molecule has 230 valence electrons. The fourth-order valence-electron chi connectivity index (χ4n) is 5.27. The molecule has 5 heterocycles. The standard InChI is InChI=1S/C23H30N6O2S2.C6H13NO2/c1-15-12-20-24-18(14-29(20)25-22(15)27-9-6-7-10-27)19-8-4-5-11-28(19)23(30)21-17(26-33(3)31)13-16(2)32-21;1-6(2,3)9-5(8)7-4/h12-14,19,26H,4-11H2,1-3H3;1-4H3,(H,7,8). The fourth-order valence-corrected chi connectivity index (χ4v) is 6.73. The first-order chi connectivity index (χ1) is 19.9. The zero-order valence-corrected chi connectivity index (χ0v) is 27.3. The van der Waals surface area contributed by atoms with E-state index in [1.807, 2.05) is 49.4 Å². The topological polar surface area (TPSA) is 121 Å². The molecule has 3 aromatic heterocycles. The number of rotatable bonds is 5. The van der Waals surface area contributed by atoms with Crippen molar-refractivity contribution in [2.45, 2.75) is 78.4 Å². The average Bonchev–Trinajstić information content (AvgIpc) is 3.67. The number of hydrogen-bond donors (Lipinski definition) is 2. The van der Waals surface area contributed by atoms with Gasteiger partial charge in [-0.25, -0.2) is 18.5 Å². The van der Waals surface area contributed by atoms with E-state index in [9.17, 15) is 13.8 Å². The summed E-state index contributed by atoms with van der Waals surface area (Å²) in [5, 5.41) is 7.25. The van der Waals surface area contributed by atoms with Crippen molar-refractivity contribution in [1.82, 2.24) is 24.8 Å². The number of alkyl carbamates (subject to hydrolysis) is 1.